The molecule has 0 saturated carbocycles. The number of ether oxygens (including phenoxy) is 1. The van der Waals surface area contributed by atoms with E-state index in [-0.39, 0.29) is 6.42 Å². The second kappa shape index (κ2) is 24.2. The summed E-state index contributed by atoms with van der Waals surface area (Å²) in [5.74, 6) is -1.63. The van der Waals surface area contributed by atoms with Crippen molar-refractivity contribution in [2.24, 2.45) is 0 Å². The van der Waals surface area contributed by atoms with E-state index in [0.29, 0.717) is 12.8 Å². The van der Waals surface area contributed by atoms with Gasteiger partial charge in [0, 0.05) is 0 Å². The van der Waals surface area contributed by atoms with Gasteiger partial charge in [-0.15, -0.1) is 0 Å². The monoisotopic (exact) mass is 470 g/mol. The Morgan fingerprint density at radius 3 is 1.36 bits per heavy atom. The molecule has 0 heterocycles. The maximum Gasteiger partial charge on any atom is 0.342 e. The lowest BCUT2D eigenvalue weighted by Crippen LogP contribution is -2.27. The van der Waals surface area contributed by atoms with Crippen LogP contribution in [-0.2, 0) is 14.3 Å². The Hall–Kier alpha value is -0.940. The highest BCUT2D eigenvalue weighted by atomic mass is 16.6. The number of hydrogen-bond donors (Lipinski definition) is 2. The van der Waals surface area contributed by atoms with Crippen LogP contribution in [0.5, 0.6) is 0 Å². The second-order valence-electron chi connectivity index (χ2n) is 9.75. The molecule has 5 heteroatoms. The molecule has 0 aliphatic carbocycles. The maximum atomic E-state index is 11.9. The van der Waals surface area contributed by atoms with Crippen molar-refractivity contribution < 1.29 is 24.5 Å². The van der Waals surface area contributed by atoms with E-state index in [4.69, 9.17) is 4.74 Å². The summed E-state index contributed by atoms with van der Waals surface area (Å²) in [6, 6.07) is 0. The Bertz CT molecular complexity index is 452. The third-order valence-corrected chi connectivity index (χ3v) is 6.36. The van der Waals surface area contributed by atoms with Crippen LogP contribution in [0.25, 0.3) is 0 Å². The van der Waals surface area contributed by atoms with E-state index in [0.717, 1.165) is 38.5 Å². The van der Waals surface area contributed by atoms with E-state index in [1.165, 1.54) is 83.5 Å². The summed E-state index contributed by atoms with van der Waals surface area (Å²) in [5, 5.41) is 19.9. The van der Waals surface area contributed by atoms with Crippen LogP contribution in [0.3, 0.4) is 0 Å². The van der Waals surface area contributed by atoms with Crippen LogP contribution in [0, 0.1) is 0 Å². The van der Waals surface area contributed by atoms with Crippen LogP contribution >= 0.6 is 0 Å². The smallest absolute Gasteiger partial charge is 0.342 e. The number of aliphatic hydroxyl groups is 2. The number of rotatable bonds is 24. The molecular weight excluding hydrogens is 416 g/mol. The average molecular weight is 471 g/mol. The third kappa shape index (κ3) is 22.6. The van der Waals surface area contributed by atoms with Crippen LogP contribution in [0.4, 0.5) is 0 Å². The van der Waals surface area contributed by atoms with E-state index in [1.807, 2.05) is 0 Å². The number of carbonyl (C=O) groups is 2. The summed E-state index contributed by atoms with van der Waals surface area (Å²) in [4.78, 5) is 23.7. The molecule has 0 aromatic carbocycles. The lowest BCUT2D eigenvalue weighted by molar-refractivity contribution is -0.167. The molecule has 0 rings (SSSR count). The van der Waals surface area contributed by atoms with E-state index in [9.17, 15) is 19.8 Å². The van der Waals surface area contributed by atoms with E-state index in [1.54, 1.807) is 0 Å². The molecule has 0 fully saturated rings. The van der Waals surface area contributed by atoms with Crippen molar-refractivity contribution in [1.29, 1.82) is 0 Å². The van der Waals surface area contributed by atoms with Crippen molar-refractivity contribution in [1.82, 2.24) is 0 Å². The maximum absolute atomic E-state index is 11.9. The fourth-order valence-corrected chi connectivity index (χ4v) is 4.15. The SMILES string of the molecule is CCCCCCCCCCCCC(O)C(=O)OC(=O)CC(O)CCCCCCCCCCC. The molecule has 5 nitrogen and oxygen atoms in total. The van der Waals surface area contributed by atoms with Gasteiger partial charge in [0.05, 0.1) is 12.5 Å². The Morgan fingerprint density at radius 1 is 0.576 bits per heavy atom. The zero-order chi connectivity index (χ0) is 24.6. The van der Waals surface area contributed by atoms with Gasteiger partial charge in [0.15, 0.2) is 6.10 Å². The minimum absolute atomic E-state index is 0.187. The van der Waals surface area contributed by atoms with E-state index in [2.05, 4.69) is 13.8 Å². The Kier molecular flexibility index (Phi) is 23.5. The molecular formula is C28H54O5. The first-order valence-electron chi connectivity index (χ1n) is 14.1. The number of esters is 2. The van der Waals surface area contributed by atoms with Crippen LogP contribution in [-0.4, -0.2) is 34.4 Å². The molecule has 0 aromatic rings. The number of hydrogen-bond acceptors (Lipinski definition) is 5. The lowest BCUT2D eigenvalue weighted by Gasteiger charge is -2.12. The predicted octanol–water partition coefficient (Wildman–Crippen LogP) is 7.40. The summed E-state index contributed by atoms with van der Waals surface area (Å²) in [7, 11) is 0. The zero-order valence-electron chi connectivity index (χ0n) is 21.8. The molecule has 0 saturated heterocycles. The van der Waals surface area contributed by atoms with Gasteiger partial charge < -0.3 is 14.9 Å². The Labute approximate surface area is 204 Å². The van der Waals surface area contributed by atoms with Gasteiger partial charge in [0.2, 0.25) is 0 Å². The molecule has 0 radical (unpaired) electrons. The van der Waals surface area contributed by atoms with E-state index >= 15 is 0 Å². The first-order chi connectivity index (χ1) is 16.0. The highest BCUT2D eigenvalue weighted by Crippen LogP contribution is 2.14. The normalized spacial score (nSPS) is 13.1. The standard InChI is InChI=1S/C28H54O5/c1-3-5-7-9-11-13-15-17-19-21-23-26(30)28(32)33-27(31)24-25(29)22-20-18-16-14-12-10-8-6-4-2/h25-26,29-30H,3-24H2,1-2H3. The minimum atomic E-state index is -1.25. The topological polar surface area (TPSA) is 83.8 Å². The summed E-state index contributed by atoms with van der Waals surface area (Å²) in [5.41, 5.74) is 0. The van der Waals surface area contributed by atoms with Crippen LogP contribution < -0.4 is 0 Å². The van der Waals surface area contributed by atoms with Crippen molar-refractivity contribution in [2.45, 2.75) is 167 Å². The Balaban J connectivity index is 3.62. The van der Waals surface area contributed by atoms with Gasteiger partial charge in [-0.25, -0.2) is 4.79 Å². The van der Waals surface area contributed by atoms with Gasteiger partial charge in [-0.3, -0.25) is 4.79 Å². The number of aliphatic hydroxyl groups excluding tert-OH is 2. The minimum Gasteiger partial charge on any atom is -0.393 e. The summed E-state index contributed by atoms with van der Waals surface area (Å²) < 4.78 is 4.73. The molecule has 2 atom stereocenters. The van der Waals surface area contributed by atoms with Crippen molar-refractivity contribution in [2.75, 3.05) is 0 Å². The second-order valence-corrected chi connectivity index (χ2v) is 9.75. The van der Waals surface area contributed by atoms with Gasteiger partial charge in [0.25, 0.3) is 0 Å². The zero-order valence-corrected chi connectivity index (χ0v) is 21.8. The van der Waals surface area contributed by atoms with Crippen LogP contribution in [0.15, 0.2) is 0 Å². The Morgan fingerprint density at radius 2 is 0.939 bits per heavy atom. The lowest BCUT2D eigenvalue weighted by atomic mass is 10.0. The molecule has 0 amide bonds. The first-order valence-corrected chi connectivity index (χ1v) is 14.1. The van der Waals surface area contributed by atoms with Gasteiger partial charge >= 0.3 is 11.9 Å². The summed E-state index contributed by atoms with van der Waals surface area (Å²) in [6.07, 6.45) is 21.3. The van der Waals surface area contributed by atoms with Crippen LogP contribution in [0.2, 0.25) is 0 Å². The van der Waals surface area contributed by atoms with Crippen molar-refractivity contribution in [3.8, 4) is 0 Å². The highest BCUT2D eigenvalue weighted by Gasteiger charge is 2.21. The molecule has 0 aliphatic rings. The summed E-state index contributed by atoms with van der Waals surface area (Å²) >= 11 is 0. The van der Waals surface area contributed by atoms with Crippen LogP contribution in [0.1, 0.15) is 155 Å². The fourth-order valence-electron chi connectivity index (χ4n) is 4.15. The molecule has 196 valence electrons. The average Bonchev–Trinajstić information content (AvgIpc) is 2.78. The highest BCUT2D eigenvalue weighted by molar-refractivity contribution is 5.87. The van der Waals surface area contributed by atoms with Crippen molar-refractivity contribution >= 4 is 11.9 Å². The molecule has 0 aromatic heterocycles. The molecule has 0 spiro atoms. The quantitative estimate of drug-likeness (QED) is 0.0872. The van der Waals surface area contributed by atoms with Gasteiger partial charge in [-0.2, -0.15) is 0 Å². The molecule has 0 bridgehead atoms. The summed E-state index contributed by atoms with van der Waals surface area (Å²) in [6.45, 7) is 4.45. The number of carbonyl (C=O) groups excluding carboxylic acids is 2. The molecule has 2 unspecified atom stereocenters. The molecule has 0 aliphatic heterocycles. The number of unbranched alkanes of at least 4 members (excludes halogenated alkanes) is 17. The molecule has 2 N–H and O–H groups in total. The predicted molar refractivity (Wildman–Crippen MR) is 136 cm³/mol. The van der Waals surface area contributed by atoms with E-state index < -0.39 is 24.1 Å². The van der Waals surface area contributed by atoms with Gasteiger partial charge in [0.1, 0.15) is 0 Å². The van der Waals surface area contributed by atoms with Crippen molar-refractivity contribution in [3.63, 3.8) is 0 Å². The van der Waals surface area contributed by atoms with Gasteiger partial charge in [-0.1, -0.05) is 136 Å². The largest absolute Gasteiger partial charge is 0.393 e. The van der Waals surface area contributed by atoms with Crippen molar-refractivity contribution in [3.05, 3.63) is 0 Å². The first kappa shape index (κ1) is 32.1. The molecule has 33 heavy (non-hydrogen) atoms. The third-order valence-electron chi connectivity index (χ3n) is 6.36. The fraction of sp³-hybridized carbons (Fsp3) is 0.929. The van der Waals surface area contributed by atoms with Gasteiger partial charge in [-0.05, 0) is 12.8 Å².